The Morgan fingerprint density at radius 1 is 0.917 bits per heavy atom. The third kappa shape index (κ3) is 3.07. The zero-order chi connectivity index (χ0) is 17.0. The molecule has 1 N–H and O–H groups in total. The highest BCUT2D eigenvalue weighted by molar-refractivity contribution is 6.99. The van der Waals surface area contributed by atoms with Crippen molar-refractivity contribution in [2.24, 2.45) is 0 Å². The molecule has 0 bridgehead atoms. The Morgan fingerprint density at radius 3 is 1.88 bits per heavy atom. The van der Waals surface area contributed by atoms with Gasteiger partial charge in [-0.15, -0.1) is 0 Å². The quantitative estimate of drug-likeness (QED) is 0.724. The van der Waals surface area contributed by atoms with E-state index in [0.29, 0.717) is 6.61 Å². The van der Waals surface area contributed by atoms with E-state index in [1.54, 1.807) is 0 Å². The molecular weight excluding hydrogens is 312 g/mol. The van der Waals surface area contributed by atoms with Crippen molar-refractivity contribution in [3.05, 3.63) is 78.6 Å². The molecule has 0 amide bonds. The number of hydrogen-bond donors (Lipinski definition) is 1. The van der Waals surface area contributed by atoms with Crippen LogP contribution in [0.3, 0.4) is 0 Å². The lowest BCUT2D eigenvalue weighted by Gasteiger charge is -2.43. The smallest absolute Gasteiger partial charge is 0.261 e. The van der Waals surface area contributed by atoms with Crippen molar-refractivity contribution in [1.29, 1.82) is 0 Å². The van der Waals surface area contributed by atoms with Gasteiger partial charge in [0.1, 0.15) is 0 Å². The molecule has 1 heterocycles. The molecule has 0 fully saturated rings. The molecule has 124 valence electrons. The van der Waals surface area contributed by atoms with Gasteiger partial charge in [0.25, 0.3) is 8.32 Å². The van der Waals surface area contributed by atoms with Gasteiger partial charge in [-0.3, -0.25) is 5.10 Å². The molecular formula is C20H24N2OSi. The maximum Gasteiger partial charge on any atom is 0.261 e. The number of nitrogens with one attached hydrogen (secondary N) is 1. The van der Waals surface area contributed by atoms with Crippen molar-refractivity contribution in [3.63, 3.8) is 0 Å². The van der Waals surface area contributed by atoms with Gasteiger partial charge in [0.05, 0.1) is 12.8 Å². The van der Waals surface area contributed by atoms with Gasteiger partial charge in [0.15, 0.2) is 0 Å². The van der Waals surface area contributed by atoms with Crippen LogP contribution < -0.4 is 10.4 Å². The third-order valence-electron chi connectivity index (χ3n) is 4.43. The van der Waals surface area contributed by atoms with E-state index in [4.69, 9.17) is 4.43 Å². The molecule has 3 rings (SSSR count). The van der Waals surface area contributed by atoms with Crippen LogP contribution in [0.4, 0.5) is 0 Å². The summed E-state index contributed by atoms with van der Waals surface area (Å²) in [7, 11) is -2.45. The minimum atomic E-state index is -2.45. The molecule has 0 aliphatic carbocycles. The highest BCUT2D eigenvalue weighted by Gasteiger charge is 2.50. The number of benzene rings is 2. The Labute approximate surface area is 144 Å². The minimum Gasteiger partial charge on any atom is -0.403 e. The molecule has 0 spiro atoms. The van der Waals surface area contributed by atoms with Crippen LogP contribution in [0, 0.1) is 0 Å². The summed E-state index contributed by atoms with van der Waals surface area (Å²) in [6.45, 7) is 7.42. The van der Waals surface area contributed by atoms with E-state index in [1.165, 1.54) is 10.4 Å². The summed E-state index contributed by atoms with van der Waals surface area (Å²) < 4.78 is 6.79. The Kier molecular flexibility index (Phi) is 4.69. The molecule has 0 radical (unpaired) electrons. The number of rotatable bonds is 5. The normalized spacial score (nSPS) is 12.3. The fraction of sp³-hybridized carbons (Fsp3) is 0.250. The van der Waals surface area contributed by atoms with Gasteiger partial charge < -0.3 is 4.43 Å². The van der Waals surface area contributed by atoms with Gasteiger partial charge in [-0.25, -0.2) is 0 Å². The maximum atomic E-state index is 6.79. The Hall–Kier alpha value is -2.17. The molecule has 0 aliphatic rings. The fourth-order valence-corrected chi connectivity index (χ4v) is 7.85. The first-order chi connectivity index (χ1) is 11.5. The lowest BCUT2D eigenvalue weighted by Crippen LogP contribution is -2.66. The zero-order valence-corrected chi connectivity index (χ0v) is 15.5. The van der Waals surface area contributed by atoms with Gasteiger partial charge in [-0.2, -0.15) is 5.10 Å². The monoisotopic (exact) mass is 336 g/mol. The van der Waals surface area contributed by atoms with Gasteiger partial charge >= 0.3 is 0 Å². The van der Waals surface area contributed by atoms with E-state index >= 15 is 0 Å². The number of H-pyrrole nitrogens is 1. The number of nitrogens with zero attached hydrogens (tertiary/aromatic N) is 1. The highest BCUT2D eigenvalue weighted by atomic mass is 28.4. The number of aromatic amines is 1. The summed E-state index contributed by atoms with van der Waals surface area (Å²) in [6.07, 6.45) is 3.73. The van der Waals surface area contributed by atoms with Crippen molar-refractivity contribution in [1.82, 2.24) is 10.2 Å². The molecule has 4 heteroatoms. The van der Waals surface area contributed by atoms with Gasteiger partial charge in [0.2, 0.25) is 0 Å². The van der Waals surface area contributed by atoms with E-state index in [0.717, 1.165) is 5.56 Å². The minimum absolute atomic E-state index is 0.000553. The van der Waals surface area contributed by atoms with Crippen molar-refractivity contribution in [2.75, 3.05) is 0 Å². The molecule has 0 saturated heterocycles. The van der Waals surface area contributed by atoms with E-state index in [-0.39, 0.29) is 5.04 Å². The van der Waals surface area contributed by atoms with Crippen LogP contribution in [0.5, 0.6) is 0 Å². The van der Waals surface area contributed by atoms with Crippen LogP contribution in [0.15, 0.2) is 73.1 Å². The topological polar surface area (TPSA) is 37.9 Å². The Morgan fingerprint density at radius 2 is 1.46 bits per heavy atom. The first kappa shape index (κ1) is 16.7. The van der Waals surface area contributed by atoms with E-state index in [9.17, 15) is 0 Å². The molecule has 0 unspecified atom stereocenters. The molecule has 0 aliphatic heterocycles. The summed E-state index contributed by atoms with van der Waals surface area (Å²) in [5.41, 5.74) is 1.07. The van der Waals surface area contributed by atoms with Crippen LogP contribution in [0.1, 0.15) is 26.3 Å². The predicted octanol–water partition coefficient (Wildman–Crippen LogP) is 3.49. The van der Waals surface area contributed by atoms with Crippen LogP contribution >= 0.6 is 0 Å². The lowest BCUT2D eigenvalue weighted by atomic mass is 10.2. The number of hydrogen-bond acceptors (Lipinski definition) is 2. The summed E-state index contributed by atoms with van der Waals surface area (Å²) in [4.78, 5) is 0. The average molecular weight is 337 g/mol. The van der Waals surface area contributed by atoms with Crippen LogP contribution in [0.25, 0.3) is 0 Å². The Bertz CT molecular complexity index is 710. The lowest BCUT2D eigenvalue weighted by molar-refractivity contribution is 0.286. The van der Waals surface area contributed by atoms with Gasteiger partial charge in [-0.05, 0) is 15.4 Å². The maximum absolute atomic E-state index is 6.79. The molecule has 0 saturated carbocycles. The summed E-state index contributed by atoms with van der Waals surface area (Å²) in [6, 6.07) is 21.4. The van der Waals surface area contributed by atoms with E-state index in [2.05, 4.69) is 91.6 Å². The molecule has 0 atom stereocenters. The first-order valence-electron chi connectivity index (χ1n) is 8.27. The van der Waals surface area contributed by atoms with Crippen molar-refractivity contribution < 1.29 is 4.43 Å². The average Bonchev–Trinajstić information content (AvgIpc) is 3.10. The zero-order valence-electron chi connectivity index (χ0n) is 14.5. The standard InChI is InChI=1S/C20H24N2OSi/c1-20(2,3)24(18-10-6-4-7-11-18,19-12-8-5-9-13-19)23-16-17-14-21-22-15-17/h4-15H,16H2,1-3H3,(H,21,22). The summed E-state index contributed by atoms with van der Waals surface area (Å²) in [5, 5.41) is 9.51. The molecule has 3 nitrogen and oxygen atoms in total. The fourth-order valence-electron chi connectivity index (χ4n) is 3.31. The molecule has 2 aromatic carbocycles. The molecule has 1 aromatic heterocycles. The van der Waals surface area contributed by atoms with Crippen molar-refractivity contribution >= 4 is 18.7 Å². The van der Waals surface area contributed by atoms with E-state index < -0.39 is 8.32 Å². The highest BCUT2D eigenvalue weighted by Crippen LogP contribution is 2.37. The SMILES string of the molecule is CC(C)(C)[Si](OCc1cn[nH]c1)(c1ccccc1)c1ccccc1. The second-order valence-corrected chi connectivity index (χ2v) is 11.4. The van der Waals surface area contributed by atoms with E-state index in [1.807, 2.05) is 12.4 Å². The first-order valence-corrected chi connectivity index (χ1v) is 10.2. The van der Waals surface area contributed by atoms with Crippen molar-refractivity contribution in [2.45, 2.75) is 32.4 Å². The summed E-state index contributed by atoms with van der Waals surface area (Å²) in [5.74, 6) is 0. The third-order valence-corrected chi connectivity index (χ3v) is 9.41. The predicted molar refractivity (Wildman–Crippen MR) is 101 cm³/mol. The van der Waals surface area contributed by atoms with Gasteiger partial charge in [0, 0.05) is 11.8 Å². The van der Waals surface area contributed by atoms with Crippen LogP contribution in [-0.2, 0) is 11.0 Å². The number of aromatic nitrogens is 2. The molecule has 24 heavy (non-hydrogen) atoms. The Balaban J connectivity index is 2.13. The second kappa shape index (κ2) is 6.75. The van der Waals surface area contributed by atoms with Gasteiger partial charge in [-0.1, -0.05) is 81.4 Å². The van der Waals surface area contributed by atoms with Crippen LogP contribution in [-0.4, -0.2) is 18.5 Å². The largest absolute Gasteiger partial charge is 0.403 e. The summed E-state index contributed by atoms with van der Waals surface area (Å²) >= 11 is 0. The van der Waals surface area contributed by atoms with Crippen LogP contribution in [0.2, 0.25) is 5.04 Å². The van der Waals surface area contributed by atoms with Crippen molar-refractivity contribution in [3.8, 4) is 0 Å². The molecule has 3 aromatic rings. The second-order valence-electron chi connectivity index (χ2n) is 7.06.